The molecule has 1 saturated heterocycles. The van der Waals surface area contributed by atoms with Gasteiger partial charge in [-0.05, 0) is 44.6 Å². The maximum absolute atomic E-state index is 14.9. The summed E-state index contributed by atoms with van der Waals surface area (Å²) in [5.74, 6) is -0.825. The second-order valence-electron chi connectivity index (χ2n) is 7.36. The van der Waals surface area contributed by atoms with Crippen molar-refractivity contribution in [2.45, 2.75) is 32.2 Å². The third kappa shape index (κ3) is 3.10. The van der Waals surface area contributed by atoms with Crippen LogP contribution in [0.5, 0.6) is 0 Å². The lowest BCUT2D eigenvalue weighted by Crippen LogP contribution is -2.28. The van der Waals surface area contributed by atoms with E-state index in [0.29, 0.717) is 22.3 Å². The van der Waals surface area contributed by atoms with E-state index < -0.39 is 11.6 Å². The first-order valence-electron chi connectivity index (χ1n) is 9.67. The second kappa shape index (κ2) is 7.27. The number of likely N-dealkylation sites (N-methyl/N-ethyl adjacent to an activating group) is 1. The van der Waals surface area contributed by atoms with Gasteiger partial charge < -0.3 is 10.2 Å². The highest BCUT2D eigenvalue weighted by Crippen LogP contribution is 2.41. The van der Waals surface area contributed by atoms with Gasteiger partial charge >= 0.3 is 0 Å². The molecule has 0 bridgehead atoms. The van der Waals surface area contributed by atoms with Crippen LogP contribution in [0.4, 0.5) is 20.2 Å². The number of benzene rings is 1. The maximum Gasteiger partial charge on any atom is 0.176 e. The molecule has 3 aromatic heterocycles. The lowest BCUT2D eigenvalue weighted by atomic mass is 9.99. The van der Waals surface area contributed by atoms with E-state index in [1.54, 1.807) is 23.6 Å². The van der Waals surface area contributed by atoms with Gasteiger partial charge in [0.25, 0.3) is 0 Å². The summed E-state index contributed by atoms with van der Waals surface area (Å²) >= 11 is 2.89. The Balaban J connectivity index is 1.54. The minimum atomic E-state index is -0.662. The first-order chi connectivity index (χ1) is 14.1. The third-order valence-corrected chi connectivity index (χ3v) is 7.84. The molecule has 0 aliphatic carbocycles. The molecule has 0 spiro atoms. The van der Waals surface area contributed by atoms with Gasteiger partial charge in [0.15, 0.2) is 11.6 Å². The van der Waals surface area contributed by atoms with Gasteiger partial charge in [0.2, 0.25) is 0 Å². The van der Waals surface area contributed by atoms with Gasteiger partial charge in [-0.3, -0.25) is 0 Å². The largest absolute Gasteiger partial charge is 0.350 e. The van der Waals surface area contributed by atoms with Crippen LogP contribution in [0.1, 0.15) is 31.1 Å². The predicted molar refractivity (Wildman–Crippen MR) is 117 cm³/mol. The topological polar surface area (TPSA) is 41.0 Å². The number of nitrogens with one attached hydrogen (secondary N) is 1. The van der Waals surface area contributed by atoms with Crippen LogP contribution in [0.2, 0.25) is 0 Å². The normalized spacial score (nSPS) is 20.1. The summed E-state index contributed by atoms with van der Waals surface area (Å²) in [6.45, 7) is 6.60. The number of likely N-dealkylation sites (tertiary alicyclic amines) is 1. The number of thiophene rings is 1. The van der Waals surface area contributed by atoms with Crippen LogP contribution in [-0.2, 0) is 0 Å². The molecule has 5 rings (SSSR count). The van der Waals surface area contributed by atoms with Crippen LogP contribution in [0.15, 0.2) is 29.9 Å². The molecule has 1 fully saturated rings. The third-order valence-electron chi connectivity index (χ3n) is 5.89. The van der Waals surface area contributed by atoms with Gasteiger partial charge in [-0.1, -0.05) is 6.92 Å². The highest BCUT2D eigenvalue weighted by molar-refractivity contribution is 7.18. The molecule has 150 valence electrons. The quantitative estimate of drug-likeness (QED) is 0.423. The van der Waals surface area contributed by atoms with Crippen LogP contribution < -0.4 is 5.32 Å². The maximum atomic E-state index is 14.9. The monoisotopic (exact) mass is 430 g/mol. The number of pyridine rings is 1. The molecule has 4 nitrogen and oxygen atoms in total. The van der Waals surface area contributed by atoms with Gasteiger partial charge in [0, 0.05) is 28.4 Å². The van der Waals surface area contributed by atoms with Crippen molar-refractivity contribution < 1.29 is 8.78 Å². The van der Waals surface area contributed by atoms with E-state index in [1.165, 1.54) is 27.8 Å². The Morgan fingerprint density at radius 1 is 1.28 bits per heavy atom. The zero-order valence-electron chi connectivity index (χ0n) is 16.1. The number of halogens is 2. The van der Waals surface area contributed by atoms with Crippen molar-refractivity contribution in [3.8, 4) is 0 Å². The summed E-state index contributed by atoms with van der Waals surface area (Å²) in [6, 6.07) is 5.70. The average Bonchev–Trinajstić information content (AvgIpc) is 3.42. The van der Waals surface area contributed by atoms with Crippen molar-refractivity contribution in [3.63, 3.8) is 0 Å². The molecule has 0 saturated carbocycles. The Morgan fingerprint density at radius 3 is 2.93 bits per heavy atom. The number of rotatable bonds is 4. The zero-order chi connectivity index (χ0) is 20.1. The zero-order valence-corrected chi connectivity index (χ0v) is 17.7. The molecular formula is C21H20F2N4S2. The molecule has 0 unspecified atom stereocenters. The SMILES string of the molecule is CCN1CC[C@@H](c2cc3c(Nc4c(F)cc5scnc5c4F)ccnc3s2)[C@H]1C. The fourth-order valence-corrected chi connectivity index (χ4v) is 6.22. The molecule has 1 N–H and O–H groups in total. The van der Waals surface area contributed by atoms with Crippen LogP contribution in [-0.4, -0.2) is 34.0 Å². The summed E-state index contributed by atoms with van der Waals surface area (Å²) in [6.07, 6.45) is 2.80. The van der Waals surface area contributed by atoms with E-state index in [0.717, 1.165) is 29.7 Å². The fraction of sp³-hybridized carbons (Fsp3) is 0.333. The molecule has 4 heterocycles. The summed E-state index contributed by atoms with van der Waals surface area (Å²) in [5, 5.41) is 3.87. The molecule has 29 heavy (non-hydrogen) atoms. The van der Waals surface area contributed by atoms with Crippen LogP contribution >= 0.6 is 22.7 Å². The van der Waals surface area contributed by atoms with Gasteiger partial charge in [-0.25, -0.2) is 18.7 Å². The first kappa shape index (κ1) is 18.8. The summed E-state index contributed by atoms with van der Waals surface area (Å²) in [4.78, 5) is 13.2. The number of anilines is 2. The number of hydrogen-bond acceptors (Lipinski definition) is 6. The van der Waals surface area contributed by atoms with Crippen molar-refractivity contribution in [2.24, 2.45) is 0 Å². The van der Waals surface area contributed by atoms with Crippen LogP contribution in [0.25, 0.3) is 20.4 Å². The molecule has 1 aliphatic heterocycles. The minimum Gasteiger partial charge on any atom is -0.350 e. The molecule has 0 radical (unpaired) electrons. The second-order valence-corrected chi connectivity index (χ2v) is 9.31. The lowest BCUT2D eigenvalue weighted by molar-refractivity contribution is 0.274. The first-order valence-corrected chi connectivity index (χ1v) is 11.4. The molecule has 8 heteroatoms. The number of nitrogens with zero attached hydrogens (tertiary/aromatic N) is 3. The van der Waals surface area contributed by atoms with Gasteiger partial charge in [-0.15, -0.1) is 22.7 Å². The van der Waals surface area contributed by atoms with Crippen molar-refractivity contribution in [2.75, 3.05) is 18.4 Å². The number of hydrogen-bond donors (Lipinski definition) is 1. The smallest absolute Gasteiger partial charge is 0.176 e. The number of aromatic nitrogens is 2. The van der Waals surface area contributed by atoms with Crippen LogP contribution in [0.3, 0.4) is 0 Å². The Hall–Kier alpha value is -2.16. The van der Waals surface area contributed by atoms with Crippen molar-refractivity contribution in [1.29, 1.82) is 0 Å². The van der Waals surface area contributed by atoms with Crippen molar-refractivity contribution in [1.82, 2.24) is 14.9 Å². The minimum absolute atomic E-state index is 0.171. The Morgan fingerprint density at radius 2 is 2.14 bits per heavy atom. The number of thiazole rings is 1. The Bertz CT molecular complexity index is 1200. The predicted octanol–water partition coefficient (Wildman–Crippen LogP) is 6.13. The van der Waals surface area contributed by atoms with E-state index in [2.05, 4.69) is 40.1 Å². The van der Waals surface area contributed by atoms with Crippen molar-refractivity contribution >= 4 is 54.5 Å². The van der Waals surface area contributed by atoms with Crippen molar-refractivity contribution in [3.05, 3.63) is 46.4 Å². The Kier molecular flexibility index (Phi) is 4.72. The molecule has 1 aromatic carbocycles. The summed E-state index contributed by atoms with van der Waals surface area (Å²) < 4.78 is 29.9. The lowest BCUT2D eigenvalue weighted by Gasteiger charge is -2.22. The van der Waals surface area contributed by atoms with E-state index in [9.17, 15) is 8.78 Å². The van der Waals surface area contributed by atoms with Gasteiger partial charge in [-0.2, -0.15) is 0 Å². The van der Waals surface area contributed by atoms with E-state index in [1.807, 2.05) is 0 Å². The average molecular weight is 431 g/mol. The van der Waals surface area contributed by atoms with Crippen LogP contribution in [0, 0.1) is 11.6 Å². The molecule has 0 amide bonds. The van der Waals surface area contributed by atoms with Gasteiger partial charge in [0.05, 0.1) is 15.9 Å². The highest BCUT2D eigenvalue weighted by Gasteiger charge is 2.32. The van der Waals surface area contributed by atoms with E-state index >= 15 is 0 Å². The number of fused-ring (bicyclic) bond motifs is 2. The summed E-state index contributed by atoms with van der Waals surface area (Å²) in [5.41, 5.74) is 2.20. The summed E-state index contributed by atoms with van der Waals surface area (Å²) in [7, 11) is 0. The molecular weight excluding hydrogens is 410 g/mol. The molecule has 1 aliphatic rings. The highest BCUT2D eigenvalue weighted by atomic mass is 32.1. The molecule has 4 aromatic rings. The van der Waals surface area contributed by atoms with E-state index in [-0.39, 0.29) is 11.2 Å². The standard InChI is InChI=1S/C21H20F2N4S2/c1-3-27-7-5-12(11(27)2)16-8-13-15(4-6-24-21(13)29-16)26-19-14(22)9-17-20(18(19)23)25-10-28-17/h4,6,8-12H,3,5,7H2,1-2H3,(H,24,26)/t11-,12-/m1/s1. The van der Waals surface area contributed by atoms with E-state index in [4.69, 9.17) is 0 Å². The Labute approximate surface area is 175 Å². The molecule has 2 atom stereocenters. The fourth-order valence-electron chi connectivity index (χ4n) is 4.26. The van der Waals surface area contributed by atoms with Gasteiger partial charge in [0.1, 0.15) is 16.0 Å².